The van der Waals surface area contributed by atoms with Crippen molar-refractivity contribution in [3.63, 3.8) is 0 Å². The van der Waals surface area contributed by atoms with E-state index in [4.69, 9.17) is 0 Å². The van der Waals surface area contributed by atoms with Crippen LogP contribution in [0.4, 0.5) is 18.9 Å². The lowest BCUT2D eigenvalue weighted by Gasteiger charge is -2.21. The molecule has 8 heteroatoms. The molecular weight excluding hydrogens is 371 g/mol. The van der Waals surface area contributed by atoms with E-state index in [1.165, 1.54) is 30.5 Å². The highest BCUT2D eigenvalue weighted by molar-refractivity contribution is 6.04. The van der Waals surface area contributed by atoms with Gasteiger partial charge >= 0.3 is 6.18 Å². The topological polar surface area (TPSA) is 62.3 Å². The average molecular weight is 393 g/mol. The van der Waals surface area contributed by atoms with Crippen LogP contribution < -0.4 is 5.32 Å². The molecule has 2 aromatic rings. The molecule has 2 amide bonds. The minimum Gasteiger partial charge on any atom is -0.339 e. The van der Waals surface area contributed by atoms with Crippen molar-refractivity contribution in [3.8, 4) is 0 Å². The summed E-state index contributed by atoms with van der Waals surface area (Å²) in [7, 11) is 0. The summed E-state index contributed by atoms with van der Waals surface area (Å²) in [4.78, 5) is 30.7. The third-order valence-corrected chi connectivity index (χ3v) is 3.98. The predicted octanol–water partition coefficient (Wildman–Crippen LogP) is 4.61. The number of pyridine rings is 1. The zero-order valence-corrected chi connectivity index (χ0v) is 15.7. The van der Waals surface area contributed by atoms with Crippen molar-refractivity contribution in [3.05, 3.63) is 59.4 Å². The van der Waals surface area contributed by atoms with E-state index in [-0.39, 0.29) is 17.3 Å². The number of nitrogens with one attached hydrogen (secondary N) is 1. The Morgan fingerprint density at radius 3 is 2.18 bits per heavy atom. The van der Waals surface area contributed by atoms with E-state index in [9.17, 15) is 22.8 Å². The molecule has 0 bridgehead atoms. The smallest absolute Gasteiger partial charge is 0.339 e. The van der Waals surface area contributed by atoms with E-state index in [1.54, 1.807) is 4.90 Å². The Labute approximate surface area is 161 Å². The van der Waals surface area contributed by atoms with Gasteiger partial charge in [0.2, 0.25) is 0 Å². The van der Waals surface area contributed by atoms with Crippen molar-refractivity contribution in [2.24, 2.45) is 0 Å². The van der Waals surface area contributed by atoms with Crippen LogP contribution in [0.25, 0.3) is 0 Å². The standard InChI is InChI=1S/C20H22F3N3O2/c1-3-11-26(12-4-2)19(28)14-9-10-24-17(13-14)18(27)25-16-7-5-15(6-8-16)20(21,22)23/h5-10,13H,3-4,11-12H2,1-2H3,(H,25,27). The molecule has 28 heavy (non-hydrogen) atoms. The predicted molar refractivity (Wildman–Crippen MR) is 100 cm³/mol. The molecule has 0 unspecified atom stereocenters. The molecule has 2 rings (SSSR count). The van der Waals surface area contributed by atoms with E-state index < -0.39 is 17.6 Å². The third kappa shape index (κ3) is 5.55. The van der Waals surface area contributed by atoms with Gasteiger partial charge in [-0.3, -0.25) is 14.6 Å². The normalized spacial score (nSPS) is 11.2. The first-order chi connectivity index (χ1) is 13.3. The maximum Gasteiger partial charge on any atom is 0.416 e. The lowest BCUT2D eigenvalue weighted by Crippen LogP contribution is -2.32. The lowest BCUT2D eigenvalue weighted by molar-refractivity contribution is -0.137. The zero-order chi connectivity index (χ0) is 20.7. The molecule has 0 aliphatic heterocycles. The Kier molecular flexibility index (Phi) is 7.14. The molecule has 5 nitrogen and oxygen atoms in total. The highest BCUT2D eigenvalue weighted by atomic mass is 19.4. The molecule has 1 aromatic heterocycles. The molecule has 0 spiro atoms. The Balaban J connectivity index is 2.14. The summed E-state index contributed by atoms with van der Waals surface area (Å²) in [5.74, 6) is -0.790. The summed E-state index contributed by atoms with van der Waals surface area (Å²) in [5, 5.41) is 2.49. The summed E-state index contributed by atoms with van der Waals surface area (Å²) >= 11 is 0. The van der Waals surface area contributed by atoms with E-state index in [0.29, 0.717) is 18.7 Å². The summed E-state index contributed by atoms with van der Waals surface area (Å²) in [6.45, 7) is 5.18. The number of anilines is 1. The molecule has 1 heterocycles. The Hall–Kier alpha value is -2.90. The SMILES string of the molecule is CCCN(CCC)C(=O)c1ccnc(C(=O)Nc2ccc(C(F)(F)F)cc2)c1. The lowest BCUT2D eigenvalue weighted by atomic mass is 10.1. The minimum absolute atomic E-state index is 0.0127. The number of hydrogen-bond donors (Lipinski definition) is 1. The van der Waals surface area contributed by atoms with Crippen molar-refractivity contribution in [1.29, 1.82) is 0 Å². The largest absolute Gasteiger partial charge is 0.416 e. The quantitative estimate of drug-likeness (QED) is 0.747. The molecule has 0 atom stereocenters. The third-order valence-electron chi connectivity index (χ3n) is 3.98. The van der Waals surface area contributed by atoms with Crippen LogP contribution in [0.3, 0.4) is 0 Å². The van der Waals surface area contributed by atoms with Crippen LogP contribution in [0.1, 0.15) is 53.1 Å². The first-order valence-corrected chi connectivity index (χ1v) is 9.00. The van der Waals surface area contributed by atoms with Gasteiger partial charge in [-0.05, 0) is 49.2 Å². The van der Waals surface area contributed by atoms with Crippen molar-refractivity contribution in [2.45, 2.75) is 32.9 Å². The highest BCUT2D eigenvalue weighted by Gasteiger charge is 2.30. The van der Waals surface area contributed by atoms with Crippen molar-refractivity contribution >= 4 is 17.5 Å². The summed E-state index contributed by atoms with van der Waals surface area (Å²) in [6.07, 6.45) is -1.44. The zero-order valence-electron chi connectivity index (χ0n) is 15.7. The van der Waals surface area contributed by atoms with Crippen LogP contribution in [0, 0.1) is 0 Å². The maximum absolute atomic E-state index is 12.6. The maximum atomic E-state index is 12.6. The number of halogens is 3. The van der Waals surface area contributed by atoms with Crippen LogP contribution in [-0.2, 0) is 6.18 Å². The van der Waals surface area contributed by atoms with Gasteiger partial charge in [-0.1, -0.05) is 13.8 Å². The Bertz CT molecular complexity index is 814. The number of carbonyl (C=O) groups excluding carboxylic acids is 2. The van der Waals surface area contributed by atoms with Crippen LogP contribution in [0.2, 0.25) is 0 Å². The van der Waals surface area contributed by atoms with Gasteiger partial charge in [-0.15, -0.1) is 0 Å². The number of carbonyl (C=O) groups is 2. The second-order valence-corrected chi connectivity index (χ2v) is 6.25. The molecule has 0 saturated carbocycles. The van der Waals surface area contributed by atoms with Gasteiger partial charge in [0.15, 0.2) is 0 Å². The highest BCUT2D eigenvalue weighted by Crippen LogP contribution is 2.29. The molecule has 150 valence electrons. The fraction of sp³-hybridized carbons (Fsp3) is 0.350. The fourth-order valence-corrected chi connectivity index (χ4v) is 2.66. The molecule has 1 aromatic carbocycles. The van der Waals surface area contributed by atoms with E-state index in [0.717, 1.165) is 25.0 Å². The summed E-state index contributed by atoms with van der Waals surface area (Å²) < 4.78 is 37.8. The van der Waals surface area contributed by atoms with E-state index in [2.05, 4.69) is 10.3 Å². The van der Waals surface area contributed by atoms with Gasteiger partial charge in [-0.25, -0.2) is 0 Å². The van der Waals surface area contributed by atoms with E-state index in [1.807, 2.05) is 13.8 Å². The fourth-order valence-electron chi connectivity index (χ4n) is 2.66. The van der Waals surface area contributed by atoms with Gasteiger partial charge in [0.1, 0.15) is 5.69 Å². The number of nitrogens with zero attached hydrogens (tertiary/aromatic N) is 2. The second kappa shape index (κ2) is 9.34. The number of aromatic nitrogens is 1. The van der Waals surface area contributed by atoms with Crippen LogP contribution >= 0.6 is 0 Å². The monoisotopic (exact) mass is 393 g/mol. The number of hydrogen-bond acceptors (Lipinski definition) is 3. The molecule has 0 radical (unpaired) electrons. The molecule has 0 aliphatic rings. The first-order valence-electron chi connectivity index (χ1n) is 9.00. The van der Waals surface area contributed by atoms with Crippen molar-refractivity contribution in [2.75, 3.05) is 18.4 Å². The summed E-state index contributed by atoms with van der Waals surface area (Å²) in [5.41, 5.74) is -0.244. The van der Waals surface area contributed by atoms with Gasteiger partial charge in [0.25, 0.3) is 11.8 Å². The van der Waals surface area contributed by atoms with Crippen LogP contribution in [-0.4, -0.2) is 34.8 Å². The number of rotatable bonds is 7. The van der Waals surface area contributed by atoms with Crippen LogP contribution in [0.5, 0.6) is 0 Å². The van der Waals surface area contributed by atoms with Gasteiger partial charge in [0, 0.05) is 30.5 Å². The second-order valence-electron chi connectivity index (χ2n) is 6.25. The molecule has 0 fully saturated rings. The molecule has 0 aliphatic carbocycles. The van der Waals surface area contributed by atoms with Crippen LogP contribution in [0.15, 0.2) is 42.6 Å². The van der Waals surface area contributed by atoms with Crippen molar-refractivity contribution < 1.29 is 22.8 Å². The van der Waals surface area contributed by atoms with E-state index >= 15 is 0 Å². The molecule has 1 N–H and O–H groups in total. The first kappa shape index (κ1) is 21.4. The van der Waals surface area contributed by atoms with Gasteiger partial charge in [0.05, 0.1) is 5.56 Å². The molecular formula is C20H22F3N3O2. The van der Waals surface area contributed by atoms with Gasteiger partial charge < -0.3 is 10.2 Å². The van der Waals surface area contributed by atoms with Gasteiger partial charge in [-0.2, -0.15) is 13.2 Å². The Morgan fingerprint density at radius 2 is 1.64 bits per heavy atom. The summed E-state index contributed by atoms with van der Waals surface area (Å²) in [6, 6.07) is 7.03. The number of amides is 2. The van der Waals surface area contributed by atoms with Crippen molar-refractivity contribution in [1.82, 2.24) is 9.88 Å². The average Bonchev–Trinajstić information content (AvgIpc) is 2.67. The molecule has 0 saturated heterocycles. The Morgan fingerprint density at radius 1 is 1.04 bits per heavy atom. The minimum atomic E-state index is -4.44. The number of benzene rings is 1. The number of alkyl halides is 3.